The Hall–Kier alpha value is -2.15. The minimum absolute atomic E-state index is 0.0180. The highest BCUT2D eigenvalue weighted by molar-refractivity contribution is 5.79. The zero-order chi connectivity index (χ0) is 11.7. The van der Waals surface area contributed by atoms with E-state index >= 15 is 0 Å². The van der Waals surface area contributed by atoms with Crippen LogP contribution in [-0.2, 0) is 11.3 Å². The standard InChI is InChI=1S/C9H11N5O2/c10-6(8(11)15)5-14-9(16)13-4-2-1-3-7(13)12-14/h1-4,6H,5,10H2,(H2,11,15). The summed E-state index contributed by atoms with van der Waals surface area (Å²) < 4.78 is 2.50. The average molecular weight is 221 g/mol. The lowest BCUT2D eigenvalue weighted by molar-refractivity contribution is -0.119. The highest BCUT2D eigenvalue weighted by Crippen LogP contribution is 1.95. The van der Waals surface area contributed by atoms with Gasteiger partial charge >= 0.3 is 5.69 Å². The number of pyridine rings is 1. The van der Waals surface area contributed by atoms with Gasteiger partial charge in [-0.3, -0.25) is 9.20 Å². The van der Waals surface area contributed by atoms with Crippen molar-refractivity contribution in [2.45, 2.75) is 12.6 Å². The first-order valence-electron chi connectivity index (χ1n) is 4.68. The van der Waals surface area contributed by atoms with Gasteiger partial charge in [0.1, 0.15) is 6.04 Å². The largest absolute Gasteiger partial charge is 0.368 e. The van der Waals surface area contributed by atoms with Gasteiger partial charge in [-0.1, -0.05) is 6.07 Å². The third kappa shape index (κ3) is 1.68. The SMILES string of the molecule is NC(=O)C(N)Cn1nc2ccccn2c1=O. The van der Waals surface area contributed by atoms with E-state index in [1.807, 2.05) is 0 Å². The number of carbonyl (C=O) groups is 1. The normalized spacial score (nSPS) is 12.8. The van der Waals surface area contributed by atoms with Crippen LogP contribution in [0.3, 0.4) is 0 Å². The van der Waals surface area contributed by atoms with E-state index in [0.29, 0.717) is 5.65 Å². The van der Waals surface area contributed by atoms with Crippen LogP contribution in [0.5, 0.6) is 0 Å². The summed E-state index contributed by atoms with van der Waals surface area (Å²) in [5.41, 5.74) is 10.6. The number of hydrogen-bond donors (Lipinski definition) is 2. The van der Waals surface area contributed by atoms with Gasteiger partial charge in [0.05, 0.1) is 6.54 Å². The van der Waals surface area contributed by atoms with Crippen molar-refractivity contribution in [2.75, 3.05) is 0 Å². The number of amides is 1. The van der Waals surface area contributed by atoms with Gasteiger partial charge in [-0.15, -0.1) is 5.10 Å². The minimum Gasteiger partial charge on any atom is -0.368 e. The summed E-state index contributed by atoms with van der Waals surface area (Å²) in [6.45, 7) is -0.0180. The van der Waals surface area contributed by atoms with Crippen LogP contribution < -0.4 is 17.2 Å². The van der Waals surface area contributed by atoms with Crippen LogP contribution in [0, 0.1) is 0 Å². The van der Waals surface area contributed by atoms with Gasteiger partial charge in [-0.05, 0) is 12.1 Å². The Kier molecular flexibility index (Phi) is 2.45. The zero-order valence-electron chi connectivity index (χ0n) is 8.41. The maximum Gasteiger partial charge on any atom is 0.350 e. The maximum atomic E-state index is 11.7. The third-order valence-electron chi connectivity index (χ3n) is 2.22. The first-order chi connectivity index (χ1) is 7.59. The molecule has 2 aromatic rings. The highest BCUT2D eigenvalue weighted by atomic mass is 16.2. The van der Waals surface area contributed by atoms with E-state index in [9.17, 15) is 9.59 Å². The second-order valence-electron chi connectivity index (χ2n) is 3.40. The molecule has 0 aliphatic heterocycles. The molecular weight excluding hydrogens is 210 g/mol. The zero-order valence-corrected chi connectivity index (χ0v) is 8.41. The molecule has 0 fully saturated rings. The summed E-state index contributed by atoms with van der Waals surface area (Å²) in [6, 6.07) is 4.25. The van der Waals surface area contributed by atoms with Crippen molar-refractivity contribution in [3.8, 4) is 0 Å². The second-order valence-corrected chi connectivity index (χ2v) is 3.40. The first-order valence-corrected chi connectivity index (χ1v) is 4.68. The molecule has 0 spiro atoms. The van der Waals surface area contributed by atoms with Crippen molar-refractivity contribution in [3.05, 3.63) is 34.9 Å². The molecule has 0 aliphatic rings. The summed E-state index contributed by atoms with van der Waals surface area (Å²) in [7, 11) is 0. The molecule has 0 aromatic carbocycles. The number of nitrogens with two attached hydrogens (primary N) is 2. The fraction of sp³-hybridized carbons (Fsp3) is 0.222. The molecule has 0 saturated heterocycles. The van der Waals surface area contributed by atoms with Crippen molar-refractivity contribution < 1.29 is 4.79 Å². The fourth-order valence-electron chi connectivity index (χ4n) is 1.36. The summed E-state index contributed by atoms with van der Waals surface area (Å²) >= 11 is 0. The second kappa shape index (κ2) is 3.78. The van der Waals surface area contributed by atoms with Gasteiger partial charge in [0.25, 0.3) is 0 Å². The van der Waals surface area contributed by atoms with E-state index in [4.69, 9.17) is 11.5 Å². The lowest BCUT2D eigenvalue weighted by Crippen LogP contribution is -2.42. The van der Waals surface area contributed by atoms with Crippen molar-refractivity contribution in [2.24, 2.45) is 11.5 Å². The fourth-order valence-corrected chi connectivity index (χ4v) is 1.36. The monoisotopic (exact) mass is 221 g/mol. The van der Waals surface area contributed by atoms with Crippen LogP contribution in [0.2, 0.25) is 0 Å². The number of fused-ring (bicyclic) bond motifs is 1. The molecule has 0 radical (unpaired) electrons. The van der Waals surface area contributed by atoms with Crippen LogP contribution in [0.4, 0.5) is 0 Å². The Balaban J connectivity index is 2.42. The Bertz CT molecular complexity index is 585. The topological polar surface area (TPSA) is 108 Å². The van der Waals surface area contributed by atoms with Crippen molar-refractivity contribution in [1.29, 1.82) is 0 Å². The molecule has 0 aliphatic carbocycles. The van der Waals surface area contributed by atoms with Gasteiger partial charge in [0.15, 0.2) is 5.65 Å². The quantitative estimate of drug-likeness (QED) is 0.644. The van der Waals surface area contributed by atoms with Crippen LogP contribution in [0.15, 0.2) is 29.2 Å². The number of hydrogen-bond acceptors (Lipinski definition) is 4. The molecule has 1 amide bonds. The third-order valence-corrected chi connectivity index (χ3v) is 2.22. The smallest absolute Gasteiger partial charge is 0.350 e. The summed E-state index contributed by atoms with van der Waals surface area (Å²) in [5.74, 6) is -0.663. The van der Waals surface area contributed by atoms with Crippen LogP contribution in [0.1, 0.15) is 0 Å². The molecule has 2 aromatic heterocycles. The molecule has 7 nitrogen and oxygen atoms in total. The van der Waals surface area contributed by atoms with Gasteiger partial charge in [-0.25, -0.2) is 9.48 Å². The Morgan fingerprint density at radius 3 is 2.88 bits per heavy atom. The molecule has 7 heteroatoms. The maximum absolute atomic E-state index is 11.7. The van der Waals surface area contributed by atoms with Gasteiger partial charge in [-0.2, -0.15) is 0 Å². The average Bonchev–Trinajstić information content (AvgIpc) is 2.56. The van der Waals surface area contributed by atoms with E-state index in [0.717, 1.165) is 4.68 Å². The highest BCUT2D eigenvalue weighted by Gasteiger charge is 2.13. The summed E-state index contributed by atoms with van der Waals surface area (Å²) in [5, 5.41) is 4.01. The molecule has 84 valence electrons. The van der Waals surface area contributed by atoms with Gasteiger partial charge < -0.3 is 11.5 Å². The molecule has 16 heavy (non-hydrogen) atoms. The lowest BCUT2D eigenvalue weighted by atomic mass is 10.3. The van der Waals surface area contributed by atoms with Crippen molar-refractivity contribution in [3.63, 3.8) is 0 Å². The molecule has 4 N–H and O–H groups in total. The number of nitrogens with zero attached hydrogens (tertiary/aromatic N) is 3. The molecular formula is C9H11N5O2. The molecule has 1 atom stereocenters. The van der Waals surface area contributed by atoms with E-state index in [2.05, 4.69) is 5.10 Å². The Morgan fingerprint density at radius 2 is 2.25 bits per heavy atom. The molecule has 1 unspecified atom stereocenters. The number of aromatic nitrogens is 3. The lowest BCUT2D eigenvalue weighted by Gasteiger charge is -2.04. The van der Waals surface area contributed by atoms with Crippen LogP contribution in [-0.4, -0.2) is 26.1 Å². The van der Waals surface area contributed by atoms with Crippen LogP contribution in [0.25, 0.3) is 5.65 Å². The predicted octanol–water partition coefficient (Wildman–Crippen LogP) is -1.69. The summed E-state index contributed by atoms with van der Waals surface area (Å²) in [6.07, 6.45) is 1.59. The molecule has 2 rings (SSSR count). The van der Waals surface area contributed by atoms with E-state index in [1.165, 1.54) is 4.40 Å². The first kappa shape index (κ1) is 10.4. The number of primary amides is 1. The predicted molar refractivity (Wildman–Crippen MR) is 56.6 cm³/mol. The van der Waals surface area contributed by atoms with E-state index < -0.39 is 11.9 Å². The summed E-state index contributed by atoms with van der Waals surface area (Å²) in [4.78, 5) is 22.5. The van der Waals surface area contributed by atoms with Gasteiger partial charge in [0.2, 0.25) is 5.91 Å². The van der Waals surface area contributed by atoms with Crippen LogP contribution >= 0.6 is 0 Å². The Labute approximate surface area is 90.3 Å². The molecule has 0 bridgehead atoms. The molecule has 0 saturated carbocycles. The Morgan fingerprint density at radius 1 is 1.50 bits per heavy atom. The number of rotatable bonds is 3. The van der Waals surface area contributed by atoms with Crippen molar-refractivity contribution in [1.82, 2.24) is 14.2 Å². The van der Waals surface area contributed by atoms with E-state index in [1.54, 1.807) is 24.4 Å². The molecule has 2 heterocycles. The van der Waals surface area contributed by atoms with Crippen molar-refractivity contribution >= 4 is 11.6 Å². The van der Waals surface area contributed by atoms with Gasteiger partial charge in [0, 0.05) is 6.20 Å². The minimum atomic E-state index is -0.914. The van der Waals surface area contributed by atoms with E-state index in [-0.39, 0.29) is 12.2 Å². The number of carbonyl (C=O) groups excluding carboxylic acids is 1.